The van der Waals surface area contributed by atoms with Crippen molar-refractivity contribution in [2.24, 2.45) is 10.8 Å². The van der Waals surface area contributed by atoms with Crippen molar-refractivity contribution in [3.63, 3.8) is 0 Å². The SMILES string of the molecule is CC(C)[Si](C#CC#CC1(C#CC#CC(C)(C)C#C[Si](C(C)C)(C(C)C)C(C)C)OCC(C)(C)CO1)(C(C)C)C(C)C. The van der Waals surface area contributed by atoms with Gasteiger partial charge in [-0.15, -0.1) is 11.1 Å². The lowest BCUT2D eigenvalue weighted by molar-refractivity contribution is -0.234. The first kappa shape index (κ1) is 37.2. The third-order valence-corrected chi connectivity index (χ3v) is 21.5. The van der Waals surface area contributed by atoms with E-state index in [1.165, 1.54) is 0 Å². The predicted molar refractivity (Wildman–Crippen MR) is 183 cm³/mol. The van der Waals surface area contributed by atoms with Crippen LogP contribution in [0.4, 0.5) is 0 Å². The highest BCUT2D eigenvalue weighted by Crippen LogP contribution is 2.42. The number of hydrogen-bond acceptors (Lipinski definition) is 2. The fourth-order valence-corrected chi connectivity index (χ4v) is 17.1. The smallest absolute Gasteiger partial charge is 0.302 e. The summed E-state index contributed by atoms with van der Waals surface area (Å²) in [5.41, 5.74) is 10.3. The summed E-state index contributed by atoms with van der Waals surface area (Å²) in [4.78, 5) is 0. The van der Waals surface area contributed by atoms with E-state index in [1.54, 1.807) is 0 Å². The summed E-state index contributed by atoms with van der Waals surface area (Å²) in [6, 6.07) is 0. The van der Waals surface area contributed by atoms with Crippen molar-refractivity contribution in [1.82, 2.24) is 0 Å². The van der Waals surface area contributed by atoms with Gasteiger partial charge in [-0.3, -0.25) is 0 Å². The molecule has 41 heavy (non-hydrogen) atoms. The molecule has 0 aromatic heterocycles. The summed E-state index contributed by atoms with van der Waals surface area (Å²) in [5, 5.41) is 0. The number of rotatable bonds is 6. The maximum Gasteiger partial charge on any atom is 0.302 e. The van der Waals surface area contributed by atoms with Gasteiger partial charge < -0.3 is 9.47 Å². The highest BCUT2D eigenvalue weighted by Gasteiger charge is 2.43. The molecule has 0 bridgehead atoms. The average Bonchev–Trinajstić information content (AvgIpc) is 2.82. The van der Waals surface area contributed by atoms with Crippen molar-refractivity contribution in [3.05, 3.63) is 0 Å². The first-order valence-corrected chi connectivity index (χ1v) is 20.1. The Morgan fingerprint density at radius 1 is 0.537 bits per heavy atom. The van der Waals surface area contributed by atoms with E-state index in [2.05, 4.69) is 169 Å². The second-order valence-corrected chi connectivity index (χ2v) is 26.2. The Balaban J connectivity index is 3.46. The van der Waals surface area contributed by atoms with E-state index >= 15 is 0 Å². The molecule has 0 aromatic rings. The maximum absolute atomic E-state index is 6.14. The van der Waals surface area contributed by atoms with E-state index in [-0.39, 0.29) is 5.41 Å². The minimum absolute atomic E-state index is 0.101. The van der Waals surface area contributed by atoms with E-state index in [4.69, 9.17) is 9.47 Å². The third kappa shape index (κ3) is 9.32. The zero-order valence-corrected chi connectivity index (χ0v) is 31.2. The Bertz CT molecular complexity index is 1150. The van der Waals surface area contributed by atoms with E-state index < -0.39 is 27.3 Å². The monoisotopic (exact) mass is 590 g/mol. The van der Waals surface area contributed by atoms with Gasteiger partial charge in [0.1, 0.15) is 16.1 Å². The van der Waals surface area contributed by atoms with Gasteiger partial charge in [-0.25, -0.2) is 0 Å². The van der Waals surface area contributed by atoms with Crippen LogP contribution in [-0.4, -0.2) is 35.1 Å². The third-order valence-electron chi connectivity index (χ3n) is 8.89. The Kier molecular flexibility index (Phi) is 13.2. The first-order chi connectivity index (χ1) is 18.7. The van der Waals surface area contributed by atoms with Crippen molar-refractivity contribution in [3.8, 4) is 58.5 Å². The van der Waals surface area contributed by atoms with Crippen molar-refractivity contribution < 1.29 is 9.47 Å². The molecule has 1 rings (SSSR count). The largest absolute Gasteiger partial charge is 0.329 e. The van der Waals surface area contributed by atoms with Crippen molar-refractivity contribution >= 4 is 16.1 Å². The quantitative estimate of drug-likeness (QED) is 0.227. The van der Waals surface area contributed by atoms with E-state index in [0.29, 0.717) is 46.5 Å². The Labute approximate surface area is 257 Å². The lowest BCUT2D eigenvalue weighted by atomic mass is 9.94. The molecule has 0 atom stereocenters. The van der Waals surface area contributed by atoms with Gasteiger partial charge in [0.15, 0.2) is 0 Å². The average molecular weight is 591 g/mol. The van der Waals surface area contributed by atoms with Crippen LogP contribution in [0.3, 0.4) is 0 Å². The Morgan fingerprint density at radius 3 is 1.29 bits per heavy atom. The van der Waals surface area contributed by atoms with Crippen molar-refractivity contribution in [2.75, 3.05) is 13.2 Å². The van der Waals surface area contributed by atoms with Gasteiger partial charge >= 0.3 is 5.79 Å². The molecule has 1 aliphatic rings. The van der Waals surface area contributed by atoms with Crippen LogP contribution in [0.2, 0.25) is 33.2 Å². The van der Waals surface area contributed by atoms with Gasteiger partial charge in [0.25, 0.3) is 0 Å². The number of ether oxygens (including phenoxy) is 2. The van der Waals surface area contributed by atoms with Crippen molar-refractivity contribution in [1.29, 1.82) is 0 Å². The molecule has 226 valence electrons. The van der Waals surface area contributed by atoms with Crippen LogP contribution in [0.25, 0.3) is 0 Å². The van der Waals surface area contributed by atoms with Crippen LogP contribution in [0, 0.1) is 69.3 Å². The summed E-state index contributed by atoms with van der Waals surface area (Å²) >= 11 is 0. The molecular weight excluding hydrogens is 533 g/mol. The van der Waals surface area contributed by atoms with Gasteiger partial charge in [-0.1, -0.05) is 109 Å². The summed E-state index contributed by atoms with van der Waals surface area (Å²) in [5.74, 6) is 24.1. The lowest BCUT2D eigenvalue weighted by Gasteiger charge is -2.38. The molecule has 0 saturated carbocycles. The molecule has 1 heterocycles. The molecule has 0 amide bonds. The topological polar surface area (TPSA) is 18.5 Å². The fraction of sp³-hybridized carbons (Fsp3) is 0.730. The molecule has 2 nitrogen and oxygen atoms in total. The van der Waals surface area contributed by atoms with Gasteiger partial charge in [-0.2, -0.15) is 0 Å². The van der Waals surface area contributed by atoms with Crippen LogP contribution in [-0.2, 0) is 9.47 Å². The Hall–Kier alpha value is -1.85. The second kappa shape index (κ2) is 14.6. The zero-order chi connectivity index (χ0) is 31.9. The van der Waals surface area contributed by atoms with Crippen molar-refractivity contribution in [2.45, 2.75) is 150 Å². The van der Waals surface area contributed by atoms with Gasteiger partial charge in [-0.05, 0) is 82.6 Å². The summed E-state index contributed by atoms with van der Waals surface area (Å²) < 4.78 is 12.3. The van der Waals surface area contributed by atoms with Crippen LogP contribution in [0.1, 0.15) is 111 Å². The standard InChI is InChI=1S/C37H58O2Si2/c1-29(2)40(30(3)4,31(5)6)25-20-19-23-37(38-27-36(15,16)28-39-37)22-18-17-21-35(13,14)24-26-41(32(7)8,33(9)10)34(11)12/h29-34H,27-28H2,1-16H3. The molecule has 4 heteroatoms. The summed E-state index contributed by atoms with van der Waals surface area (Å²) in [6.45, 7) is 37.2. The maximum atomic E-state index is 6.14. The second-order valence-electron chi connectivity index (χ2n) is 15.0. The molecule has 0 radical (unpaired) electrons. The van der Waals surface area contributed by atoms with Crippen LogP contribution >= 0.6 is 0 Å². The van der Waals surface area contributed by atoms with E-state index in [0.717, 1.165) is 0 Å². The molecule has 1 aliphatic heterocycles. The molecule has 0 spiro atoms. The number of hydrogen-bond donors (Lipinski definition) is 0. The van der Waals surface area contributed by atoms with E-state index in [9.17, 15) is 0 Å². The Morgan fingerprint density at radius 2 is 0.902 bits per heavy atom. The molecule has 0 aromatic carbocycles. The lowest BCUT2D eigenvalue weighted by Crippen LogP contribution is -2.46. The van der Waals surface area contributed by atoms with Gasteiger partial charge in [0.2, 0.25) is 0 Å². The summed E-state index contributed by atoms with van der Waals surface area (Å²) in [7, 11) is -3.70. The minimum atomic E-state index is -1.87. The molecular formula is C37H58O2Si2. The van der Waals surface area contributed by atoms with E-state index in [1.807, 2.05) is 0 Å². The molecule has 0 unspecified atom stereocenters. The zero-order valence-electron chi connectivity index (χ0n) is 29.2. The van der Waals surface area contributed by atoms with Crippen LogP contribution in [0.5, 0.6) is 0 Å². The van der Waals surface area contributed by atoms with Crippen LogP contribution in [0.15, 0.2) is 0 Å². The highest BCUT2D eigenvalue weighted by molar-refractivity contribution is 6.91. The highest BCUT2D eigenvalue weighted by atomic mass is 28.3. The molecule has 1 saturated heterocycles. The van der Waals surface area contributed by atoms with Gasteiger partial charge in [0, 0.05) is 5.41 Å². The fourth-order valence-electron chi connectivity index (χ4n) is 6.57. The molecule has 0 aliphatic carbocycles. The van der Waals surface area contributed by atoms with Crippen LogP contribution < -0.4 is 0 Å². The predicted octanol–water partition coefficient (Wildman–Crippen LogP) is 9.23. The summed E-state index contributed by atoms with van der Waals surface area (Å²) in [6.07, 6.45) is 0. The molecule has 0 N–H and O–H groups in total. The molecule has 1 fully saturated rings. The normalized spacial score (nSPS) is 16.6. The first-order valence-electron chi connectivity index (χ1n) is 15.6. The van der Waals surface area contributed by atoms with Gasteiger partial charge in [0.05, 0.1) is 18.6 Å². The minimum Gasteiger partial charge on any atom is -0.329 e.